The Balaban J connectivity index is 1.79. The van der Waals surface area contributed by atoms with E-state index in [1.807, 2.05) is 56.3 Å². The summed E-state index contributed by atoms with van der Waals surface area (Å²) in [7, 11) is 0. The smallest absolute Gasteiger partial charge is 0.162 e. The Morgan fingerprint density at radius 3 is 2.33 bits per heavy atom. The van der Waals surface area contributed by atoms with Gasteiger partial charge in [0.2, 0.25) is 0 Å². The third kappa shape index (κ3) is 3.08. The number of dihydropyridines is 1. The molecule has 27 heavy (non-hydrogen) atoms. The zero-order chi connectivity index (χ0) is 19.0. The summed E-state index contributed by atoms with van der Waals surface area (Å²) in [6, 6.07) is 20.7. The van der Waals surface area contributed by atoms with Crippen LogP contribution >= 0.6 is 0 Å². The standard InChI is InChI=1S/C24H22N2O/c1-15-8-10-18(11-9-15)23-20(14-25)16(2)26-21-12-19(13-22(27)24(21)23)17-6-4-3-5-7-17/h3-11,19,23,26H,12-13H2,1-2H3/t19-,23+/m1/s1. The van der Waals surface area contributed by atoms with Gasteiger partial charge in [-0.05, 0) is 37.3 Å². The number of nitrogens with one attached hydrogen (secondary N) is 1. The molecule has 2 aromatic carbocycles. The lowest BCUT2D eigenvalue weighted by Crippen LogP contribution is -2.33. The summed E-state index contributed by atoms with van der Waals surface area (Å²) in [6.45, 7) is 3.97. The maximum atomic E-state index is 13.2. The lowest BCUT2D eigenvalue weighted by Gasteiger charge is -2.35. The Labute approximate surface area is 160 Å². The zero-order valence-corrected chi connectivity index (χ0v) is 15.6. The number of nitrogens with zero attached hydrogens (tertiary/aromatic N) is 1. The lowest BCUT2D eigenvalue weighted by molar-refractivity contribution is -0.116. The number of carbonyl (C=O) groups excluding carboxylic acids is 1. The SMILES string of the molecule is CC1=C(C#N)[C@H](c2ccc(C)cc2)C2=C(C[C@@H](c3ccccc3)CC2=O)N1. The summed E-state index contributed by atoms with van der Waals surface area (Å²) in [4.78, 5) is 13.2. The van der Waals surface area contributed by atoms with E-state index in [2.05, 4.69) is 23.5 Å². The van der Waals surface area contributed by atoms with E-state index in [0.29, 0.717) is 12.0 Å². The molecule has 1 N–H and O–H groups in total. The molecule has 4 rings (SSSR count). The number of nitriles is 1. The molecule has 2 aromatic rings. The van der Waals surface area contributed by atoms with Crippen LogP contribution in [-0.2, 0) is 4.79 Å². The normalized spacial score (nSPS) is 22.2. The summed E-state index contributed by atoms with van der Waals surface area (Å²) in [6.07, 6.45) is 1.29. The van der Waals surface area contributed by atoms with Crippen molar-refractivity contribution in [2.24, 2.45) is 0 Å². The zero-order valence-electron chi connectivity index (χ0n) is 15.6. The number of ketones is 1. The van der Waals surface area contributed by atoms with Gasteiger partial charge in [0, 0.05) is 23.4 Å². The van der Waals surface area contributed by atoms with Crippen LogP contribution in [0, 0.1) is 18.3 Å². The van der Waals surface area contributed by atoms with Gasteiger partial charge in [-0.15, -0.1) is 0 Å². The molecule has 0 radical (unpaired) electrons. The molecule has 0 spiro atoms. The molecular formula is C24H22N2O. The van der Waals surface area contributed by atoms with Gasteiger partial charge in [-0.25, -0.2) is 0 Å². The van der Waals surface area contributed by atoms with Crippen LogP contribution in [0.25, 0.3) is 0 Å². The van der Waals surface area contributed by atoms with E-state index in [0.717, 1.165) is 29.0 Å². The molecule has 2 aliphatic rings. The van der Waals surface area contributed by atoms with Crippen LogP contribution in [0.3, 0.4) is 0 Å². The number of Topliss-reactive ketones (excluding diaryl/α,β-unsaturated/α-hetero) is 1. The number of hydrogen-bond donors (Lipinski definition) is 1. The van der Waals surface area contributed by atoms with Crippen molar-refractivity contribution in [1.29, 1.82) is 5.26 Å². The monoisotopic (exact) mass is 354 g/mol. The van der Waals surface area contributed by atoms with Gasteiger partial charge in [0.25, 0.3) is 0 Å². The molecule has 0 saturated heterocycles. The summed E-state index contributed by atoms with van der Waals surface area (Å²) in [5.74, 6) is 0.0551. The molecule has 0 amide bonds. The Kier molecular flexibility index (Phi) is 4.41. The Hall–Kier alpha value is -3.12. The van der Waals surface area contributed by atoms with Gasteiger partial charge in [0.1, 0.15) is 0 Å². The largest absolute Gasteiger partial charge is 0.361 e. The van der Waals surface area contributed by atoms with Gasteiger partial charge in [-0.3, -0.25) is 4.79 Å². The average molecular weight is 354 g/mol. The van der Waals surface area contributed by atoms with E-state index >= 15 is 0 Å². The van der Waals surface area contributed by atoms with Crippen molar-refractivity contribution < 1.29 is 4.79 Å². The van der Waals surface area contributed by atoms with Crippen molar-refractivity contribution in [3.05, 3.63) is 93.8 Å². The molecule has 1 aliphatic carbocycles. The number of allylic oxidation sites excluding steroid dienone is 4. The number of carbonyl (C=O) groups is 1. The maximum Gasteiger partial charge on any atom is 0.162 e. The highest BCUT2D eigenvalue weighted by atomic mass is 16.1. The van der Waals surface area contributed by atoms with Crippen molar-refractivity contribution in [3.8, 4) is 6.07 Å². The molecule has 0 bridgehead atoms. The van der Waals surface area contributed by atoms with Crippen LogP contribution in [0.5, 0.6) is 0 Å². The van der Waals surface area contributed by atoms with Crippen LogP contribution in [-0.4, -0.2) is 5.78 Å². The van der Waals surface area contributed by atoms with E-state index in [1.165, 1.54) is 11.1 Å². The van der Waals surface area contributed by atoms with Crippen molar-refractivity contribution in [2.45, 2.75) is 38.5 Å². The molecule has 0 saturated carbocycles. The Bertz CT molecular complexity index is 991. The fourth-order valence-corrected chi connectivity index (χ4v) is 4.24. The second-order valence-corrected chi connectivity index (χ2v) is 7.45. The average Bonchev–Trinajstić information content (AvgIpc) is 2.68. The third-order valence-corrected chi connectivity index (χ3v) is 5.63. The van der Waals surface area contributed by atoms with Gasteiger partial charge in [0.15, 0.2) is 5.78 Å². The molecule has 0 aromatic heterocycles. The van der Waals surface area contributed by atoms with E-state index < -0.39 is 0 Å². The molecule has 0 unspecified atom stereocenters. The van der Waals surface area contributed by atoms with Crippen LogP contribution in [0.2, 0.25) is 0 Å². The second-order valence-electron chi connectivity index (χ2n) is 7.45. The fourth-order valence-electron chi connectivity index (χ4n) is 4.24. The van der Waals surface area contributed by atoms with E-state index in [9.17, 15) is 10.1 Å². The summed E-state index contributed by atoms with van der Waals surface area (Å²) in [5, 5.41) is 13.1. The highest BCUT2D eigenvalue weighted by Gasteiger charge is 2.38. The first kappa shape index (κ1) is 17.3. The minimum absolute atomic E-state index is 0.142. The molecule has 3 heteroatoms. The topological polar surface area (TPSA) is 52.9 Å². The molecule has 0 fully saturated rings. The number of hydrogen-bond acceptors (Lipinski definition) is 3. The van der Waals surface area contributed by atoms with Gasteiger partial charge >= 0.3 is 0 Å². The second kappa shape index (κ2) is 6.89. The maximum absolute atomic E-state index is 13.2. The van der Waals surface area contributed by atoms with Crippen LogP contribution in [0.15, 0.2) is 77.1 Å². The molecule has 3 nitrogen and oxygen atoms in total. The Morgan fingerprint density at radius 2 is 1.67 bits per heavy atom. The molecule has 1 aliphatic heterocycles. The van der Waals surface area contributed by atoms with Crippen LogP contribution in [0.1, 0.15) is 48.3 Å². The highest BCUT2D eigenvalue weighted by Crippen LogP contribution is 2.45. The summed E-state index contributed by atoms with van der Waals surface area (Å²) >= 11 is 0. The third-order valence-electron chi connectivity index (χ3n) is 5.63. The summed E-state index contributed by atoms with van der Waals surface area (Å²) in [5.41, 5.74) is 6.61. The molecule has 134 valence electrons. The fraction of sp³-hybridized carbons (Fsp3) is 0.250. The predicted molar refractivity (Wildman–Crippen MR) is 106 cm³/mol. The van der Waals surface area contributed by atoms with Crippen LogP contribution in [0.4, 0.5) is 0 Å². The van der Waals surface area contributed by atoms with Gasteiger partial charge in [-0.1, -0.05) is 60.2 Å². The van der Waals surface area contributed by atoms with Gasteiger partial charge in [-0.2, -0.15) is 5.26 Å². The number of benzene rings is 2. The van der Waals surface area contributed by atoms with Crippen molar-refractivity contribution in [1.82, 2.24) is 5.32 Å². The first-order valence-corrected chi connectivity index (χ1v) is 9.34. The van der Waals surface area contributed by atoms with E-state index in [-0.39, 0.29) is 17.6 Å². The predicted octanol–water partition coefficient (Wildman–Crippen LogP) is 4.88. The van der Waals surface area contributed by atoms with Crippen LogP contribution < -0.4 is 5.32 Å². The lowest BCUT2D eigenvalue weighted by atomic mass is 9.72. The molecule has 1 heterocycles. The van der Waals surface area contributed by atoms with E-state index in [4.69, 9.17) is 0 Å². The first-order chi connectivity index (χ1) is 13.1. The first-order valence-electron chi connectivity index (χ1n) is 9.34. The van der Waals surface area contributed by atoms with E-state index in [1.54, 1.807) is 0 Å². The Morgan fingerprint density at radius 1 is 0.963 bits per heavy atom. The minimum atomic E-state index is -0.268. The molecule has 2 atom stereocenters. The van der Waals surface area contributed by atoms with Gasteiger partial charge < -0.3 is 5.32 Å². The number of aryl methyl sites for hydroxylation is 1. The van der Waals surface area contributed by atoms with Crippen molar-refractivity contribution in [2.75, 3.05) is 0 Å². The quantitative estimate of drug-likeness (QED) is 0.836. The highest BCUT2D eigenvalue weighted by molar-refractivity contribution is 6.00. The molecular weight excluding hydrogens is 332 g/mol. The van der Waals surface area contributed by atoms with Gasteiger partial charge in [0.05, 0.1) is 17.6 Å². The minimum Gasteiger partial charge on any atom is -0.361 e. The van der Waals surface area contributed by atoms with Crippen molar-refractivity contribution in [3.63, 3.8) is 0 Å². The summed E-state index contributed by atoms with van der Waals surface area (Å²) < 4.78 is 0. The van der Waals surface area contributed by atoms with Crippen molar-refractivity contribution >= 4 is 5.78 Å². The number of rotatable bonds is 2.